The molecule has 1 aliphatic heterocycles. The standard InChI is InChI=1S/C8H11NO4/c1-3-4-9(2)7(10)6-5-12-8(11)13-6/h3,6H,1,4-5H2,2H3. The SMILES string of the molecule is C=CCN(C)C(=O)C1COC(=O)O1. The van der Waals surface area contributed by atoms with Crippen molar-refractivity contribution in [3.05, 3.63) is 12.7 Å². The number of hydrogen-bond acceptors (Lipinski definition) is 4. The second kappa shape index (κ2) is 3.93. The summed E-state index contributed by atoms with van der Waals surface area (Å²) in [6.45, 7) is 3.91. The van der Waals surface area contributed by atoms with Crippen LogP contribution in [-0.4, -0.2) is 43.3 Å². The molecule has 5 nitrogen and oxygen atoms in total. The van der Waals surface area contributed by atoms with E-state index in [2.05, 4.69) is 16.1 Å². The summed E-state index contributed by atoms with van der Waals surface area (Å²) in [6, 6.07) is 0. The molecule has 13 heavy (non-hydrogen) atoms. The lowest BCUT2D eigenvalue weighted by molar-refractivity contribution is -0.136. The normalized spacial score (nSPS) is 20.4. The van der Waals surface area contributed by atoms with E-state index in [9.17, 15) is 9.59 Å². The van der Waals surface area contributed by atoms with Gasteiger partial charge in [-0.2, -0.15) is 0 Å². The summed E-state index contributed by atoms with van der Waals surface area (Å²) in [4.78, 5) is 23.3. The number of hydrogen-bond donors (Lipinski definition) is 0. The molecule has 1 unspecified atom stereocenters. The van der Waals surface area contributed by atoms with E-state index < -0.39 is 12.3 Å². The quantitative estimate of drug-likeness (QED) is 0.464. The number of amides is 1. The Balaban J connectivity index is 2.47. The van der Waals surface area contributed by atoms with Crippen LogP contribution in [0.15, 0.2) is 12.7 Å². The summed E-state index contributed by atoms with van der Waals surface area (Å²) < 4.78 is 9.08. The summed E-state index contributed by atoms with van der Waals surface area (Å²) in [5.74, 6) is -0.272. The first-order chi connectivity index (χ1) is 6.15. The van der Waals surface area contributed by atoms with Crippen LogP contribution in [0.25, 0.3) is 0 Å². The van der Waals surface area contributed by atoms with Crippen molar-refractivity contribution >= 4 is 12.1 Å². The van der Waals surface area contributed by atoms with Gasteiger partial charge in [-0.15, -0.1) is 6.58 Å². The fourth-order valence-corrected chi connectivity index (χ4v) is 0.979. The molecule has 1 amide bonds. The number of ether oxygens (including phenoxy) is 2. The van der Waals surface area contributed by atoms with Crippen LogP contribution in [-0.2, 0) is 14.3 Å². The van der Waals surface area contributed by atoms with Gasteiger partial charge in [0.25, 0.3) is 5.91 Å². The van der Waals surface area contributed by atoms with Crippen LogP contribution in [0.5, 0.6) is 0 Å². The lowest BCUT2D eigenvalue weighted by atomic mass is 10.3. The van der Waals surface area contributed by atoms with E-state index in [1.165, 1.54) is 4.90 Å². The van der Waals surface area contributed by atoms with Gasteiger partial charge in [-0.05, 0) is 0 Å². The van der Waals surface area contributed by atoms with Crippen molar-refractivity contribution < 1.29 is 19.1 Å². The molecule has 0 spiro atoms. The van der Waals surface area contributed by atoms with Crippen molar-refractivity contribution in [2.75, 3.05) is 20.2 Å². The molecule has 1 heterocycles. The van der Waals surface area contributed by atoms with Crippen LogP contribution in [0.4, 0.5) is 4.79 Å². The maximum atomic E-state index is 11.4. The van der Waals surface area contributed by atoms with E-state index in [4.69, 9.17) is 0 Å². The molecule has 1 rings (SSSR count). The van der Waals surface area contributed by atoms with Crippen LogP contribution in [0.2, 0.25) is 0 Å². The molecule has 0 bridgehead atoms. The Bertz CT molecular complexity index is 238. The first kappa shape index (κ1) is 9.57. The summed E-state index contributed by atoms with van der Waals surface area (Å²) in [5, 5.41) is 0. The lowest BCUT2D eigenvalue weighted by Crippen LogP contribution is -2.37. The van der Waals surface area contributed by atoms with Gasteiger partial charge in [0, 0.05) is 13.6 Å². The van der Waals surface area contributed by atoms with Crippen LogP contribution in [0.1, 0.15) is 0 Å². The van der Waals surface area contributed by atoms with Crippen LogP contribution in [0.3, 0.4) is 0 Å². The molecule has 0 aromatic rings. The third kappa shape index (κ3) is 2.21. The Morgan fingerprint density at radius 1 is 1.85 bits per heavy atom. The van der Waals surface area contributed by atoms with Crippen molar-refractivity contribution in [3.63, 3.8) is 0 Å². The number of carbonyl (C=O) groups is 2. The average molecular weight is 185 g/mol. The smallest absolute Gasteiger partial charge is 0.430 e. The van der Waals surface area contributed by atoms with Crippen molar-refractivity contribution in [2.24, 2.45) is 0 Å². The number of carbonyl (C=O) groups excluding carboxylic acids is 2. The molecule has 5 heteroatoms. The largest absolute Gasteiger partial charge is 0.509 e. The van der Waals surface area contributed by atoms with E-state index >= 15 is 0 Å². The molecular weight excluding hydrogens is 174 g/mol. The van der Waals surface area contributed by atoms with Gasteiger partial charge < -0.3 is 14.4 Å². The van der Waals surface area contributed by atoms with E-state index in [-0.39, 0.29) is 12.5 Å². The van der Waals surface area contributed by atoms with E-state index in [1.54, 1.807) is 13.1 Å². The lowest BCUT2D eigenvalue weighted by Gasteiger charge is -2.16. The van der Waals surface area contributed by atoms with Crippen LogP contribution < -0.4 is 0 Å². The van der Waals surface area contributed by atoms with E-state index in [0.717, 1.165) is 0 Å². The Labute approximate surface area is 75.9 Å². The Morgan fingerprint density at radius 3 is 3.00 bits per heavy atom. The molecule has 72 valence electrons. The van der Waals surface area contributed by atoms with Crippen LogP contribution >= 0.6 is 0 Å². The van der Waals surface area contributed by atoms with Crippen molar-refractivity contribution in [1.82, 2.24) is 4.90 Å². The van der Waals surface area contributed by atoms with Gasteiger partial charge in [0.15, 0.2) is 0 Å². The van der Waals surface area contributed by atoms with E-state index in [1.807, 2.05) is 0 Å². The molecule has 0 saturated carbocycles. The van der Waals surface area contributed by atoms with Gasteiger partial charge in [-0.25, -0.2) is 4.79 Å². The van der Waals surface area contributed by atoms with Gasteiger partial charge in [-0.1, -0.05) is 6.08 Å². The summed E-state index contributed by atoms with van der Waals surface area (Å²) in [7, 11) is 1.61. The molecule has 1 aliphatic rings. The highest BCUT2D eigenvalue weighted by molar-refractivity contribution is 5.84. The second-order valence-electron chi connectivity index (χ2n) is 2.67. The third-order valence-corrected chi connectivity index (χ3v) is 1.65. The topological polar surface area (TPSA) is 55.8 Å². The van der Waals surface area contributed by atoms with Gasteiger partial charge >= 0.3 is 6.16 Å². The maximum Gasteiger partial charge on any atom is 0.509 e. The maximum absolute atomic E-state index is 11.4. The number of cyclic esters (lactones) is 2. The molecule has 0 N–H and O–H groups in total. The summed E-state index contributed by atoms with van der Waals surface area (Å²) in [6.07, 6.45) is 0.0120. The molecule has 0 radical (unpaired) electrons. The number of likely N-dealkylation sites (N-methyl/N-ethyl adjacent to an activating group) is 1. The minimum Gasteiger partial charge on any atom is -0.430 e. The molecule has 0 aromatic heterocycles. The van der Waals surface area contributed by atoms with Crippen molar-refractivity contribution in [2.45, 2.75) is 6.10 Å². The Hall–Kier alpha value is -1.52. The monoisotopic (exact) mass is 185 g/mol. The van der Waals surface area contributed by atoms with Crippen molar-refractivity contribution in [3.8, 4) is 0 Å². The summed E-state index contributed by atoms with van der Waals surface area (Å²) in [5.41, 5.74) is 0. The van der Waals surface area contributed by atoms with Crippen molar-refractivity contribution in [1.29, 1.82) is 0 Å². The molecule has 0 aliphatic carbocycles. The number of nitrogens with zero attached hydrogens (tertiary/aromatic N) is 1. The van der Waals surface area contributed by atoms with Gasteiger partial charge in [0.2, 0.25) is 6.10 Å². The Kier molecular flexibility index (Phi) is 2.89. The highest BCUT2D eigenvalue weighted by Gasteiger charge is 2.33. The van der Waals surface area contributed by atoms with Gasteiger partial charge in [0.1, 0.15) is 6.61 Å². The fourth-order valence-electron chi connectivity index (χ4n) is 0.979. The minimum atomic E-state index is -0.794. The molecule has 1 saturated heterocycles. The first-order valence-corrected chi connectivity index (χ1v) is 3.84. The fraction of sp³-hybridized carbons (Fsp3) is 0.500. The van der Waals surface area contributed by atoms with Gasteiger partial charge in [0.05, 0.1) is 0 Å². The molecule has 1 atom stereocenters. The van der Waals surface area contributed by atoms with Crippen LogP contribution in [0, 0.1) is 0 Å². The molecule has 1 fully saturated rings. The zero-order valence-corrected chi connectivity index (χ0v) is 7.36. The predicted molar refractivity (Wildman–Crippen MR) is 44.1 cm³/mol. The second-order valence-corrected chi connectivity index (χ2v) is 2.67. The Morgan fingerprint density at radius 2 is 2.54 bits per heavy atom. The molecule has 0 aromatic carbocycles. The number of rotatable bonds is 3. The average Bonchev–Trinajstić information content (AvgIpc) is 2.51. The van der Waals surface area contributed by atoms with E-state index in [0.29, 0.717) is 6.54 Å². The summed E-state index contributed by atoms with van der Waals surface area (Å²) >= 11 is 0. The minimum absolute atomic E-state index is 0.000844. The third-order valence-electron chi connectivity index (χ3n) is 1.65. The van der Waals surface area contributed by atoms with Gasteiger partial charge in [-0.3, -0.25) is 4.79 Å². The molecular formula is C8H11NO4. The predicted octanol–water partition coefficient (Wildman–Crippen LogP) is 0.166. The highest BCUT2D eigenvalue weighted by Crippen LogP contribution is 2.08. The first-order valence-electron chi connectivity index (χ1n) is 3.84. The highest BCUT2D eigenvalue weighted by atomic mass is 16.8. The zero-order valence-electron chi connectivity index (χ0n) is 7.36. The zero-order chi connectivity index (χ0) is 9.84.